The average Bonchev–Trinajstić information content (AvgIpc) is 3.71. The first-order valence-electron chi connectivity index (χ1n) is 21.3. The van der Waals surface area contributed by atoms with Gasteiger partial charge in [0.15, 0.2) is 17.5 Å². The van der Waals surface area contributed by atoms with Gasteiger partial charge in [0.2, 0.25) is 0 Å². The van der Waals surface area contributed by atoms with E-state index in [0.29, 0.717) is 17.5 Å². The van der Waals surface area contributed by atoms with Gasteiger partial charge in [-0.3, -0.25) is 0 Å². The fraction of sp³-hybridized carbons (Fsp3) is 0.0172. The zero-order valence-corrected chi connectivity index (χ0v) is 34.8. The molecule has 4 nitrogen and oxygen atoms in total. The van der Waals surface area contributed by atoms with Crippen molar-refractivity contribution < 1.29 is 0 Å². The smallest absolute Gasteiger partial charge is 0.164 e. The van der Waals surface area contributed by atoms with Gasteiger partial charge in [0, 0.05) is 37.3 Å². The van der Waals surface area contributed by atoms with E-state index in [4.69, 9.17) is 15.0 Å². The normalized spacial score (nSPS) is 14.7. The Balaban J connectivity index is 1.01. The molecule has 0 radical (unpaired) electrons. The maximum absolute atomic E-state index is 5.25. The van der Waals surface area contributed by atoms with Crippen molar-refractivity contribution in [3.63, 3.8) is 0 Å². The summed E-state index contributed by atoms with van der Waals surface area (Å²) in [5, 5.41) is 2.53. The molecule has 5 heteroatoms. The molecule has 1 atom stereocenters. The van der Waals surface area contributed by atoms with Crippen molar-refractivity contribution in [1.29, 1.82) is 0 Å². The molecule has 11 aromatic rings. The maximum atomic E-state index is 5.25. The van der Waals surface area contributed by atoms with Gasteiger partial charge in [-0.1, -0.05) is 206 Å². The Bertz CT molecular complexity index is 3480. The first-order chi connectivity index (χ1) is 31.2. The van der Waals surface area contributed by atoms with E-state index in [1.807, 2.05) is 23.9 Å². The van der Waals surface area contributed by atoms with Gasteiger partial charge in [-0.15, -0.1) is 0 Å². The minimum absolute atomic E-state index is 0.563. The van der Waals surface area contributed by atoms with Crippen LogP contribution >= 0.6 is 11.8 Å². The molecule has 294 valence electrons. The lowest BCUT2D eigenvalue weighted by Gasteiger charge is -2.45. The molecule has 13 rings (SSSR count). The van der Waals surface area contributed by atoms with Crippen LogP contribution in [0.1, 0.15) is 22.3 Å². The van der Waals surface area contributed by atoms with Gasteiger partial charge >= 0.3 is 0 Å². The van der Waals surface area contributed by atoms with Crippen LogP contribution < -0.4 is 0 Å². The van der Waals surface area contributed by atoms with E-state index >= 15 is 0 Å². The summed E-state index contributed by atoms with van der Waals surface area (Å²) in [6.45, 7) is 0. The third kappa shape index (κ3) is 5.46. The summed E-state index contributed by atoms with van der Waals surface area (Å²) in [5.74, 6) is 1.90. The molecule has 0 amide bonds. The van der Waals surface area contributed by atoms with Crippen LogP contribution in [-0.4, -0.2) is 19.5 Å². The number of benzene rings is 9. The van der Waals surface area contributed by atoms with Crippen LogP contribution in [0.4, 0.5) is 0 Å². The lowest BCUT2D eigenvalue weighted by Crippen LogP contribution is -2.37. The lowest BCUT2D eigenvalue weighted by molar-refractivity contribution is 0.689. The highest BCUT2D eigenvalue weighted by Crippen LogP contribution is 2.60. The van der Waals surface area contributed by atoms with Gasteiger partial charge < -0.3 is 4.57 Å². The minimum atomic E-state index is -0.563. The topological polar surface area (TPSA) is 43.6 Å². The Morgan fingerprint density at radius 2 is 0.810 bits per heavy atom. The maximum Gasteiger partial charge on any atom is 0.164 e. The molecule has 0 N–H and O–H groups in total. The van der Waals surface area contributed by atoms with Gasteiger partial charge in [-0.05, 0) is 68.8 Å². The van der Waals surface area contributed by atoms with Crippen LogP contribution in [0.3, 0.4) is 0 Å². The highest BCUT2D eigenvalue weighted by Gasteiger charge is 2.49. The molecule has 9 aromatic carbocycles. The quantitative estimate of drug-likeness (QED) is 0.173. The molecule has 63 heavy (non-hydrogen) atoms. The van der Waals surface area contributed by atoms with Crippen molar-refractivity contribution in [3.05, 3.63) is 241 Å². The van der Waals surface area contributed by atoms with E-state index in [1.54, 1.807) is 0 Å². The fourth-order valence-corrected chi connectivity index (χ4v) is 11.3. The second-order valence-corrected chi connectivity index (χ2v) is 17.4. The zero-order chi connectivity index (χ0) is 41.5. The van der Waals surface area contributed by atoms with Crippen molar-refractivity contribution in [2.75, 3.05) is 0 Å². The SMILES string of the molecule is c1ccc(-c2ccc(-c3nc(-c4ccc(-c5ccccc5)cc4)nc(-c4ccc5c(c4)Sc4ccccc4C54c5ccccc5-n5c6ccccc6c6cccc4c65)n3)cc2)cc1. The zero-order valence-electron chi connectivity index (χ0n) is 34.0. The van der Waals surface area contributed by atoms with Gasteiger partial charge in [-0.2, -0.15) is 0 Å². The molecule has 0 saturated carbocycles. The molecule has 2 aliphatic heterocycles. The molecule has 0 saturated heterocycles. The van der Waals surface area contributed by atoms with Crippen LogP contribution in [0.5, 0.6) is 0 Å². The highest BCUT2D eigenvalue weighted by molar-refractivity contribution is 7.99. The number of nitrogens with zero attached hydrogens (tertiary/aromatic N) is 4. The van der Waals surface area contributed by atoms with Gasteiger partial charge in [0.05, 0.1) is 22.1 Å². The number of para-hydroxylation sites is 3. The summed E-state index contributed by atoms with van der Waals surface area (Å²) in [5.41, 5.74) is 15.7. The molecule has 0 aliphatic carbocycles. The summed E-state index contributed by atoms with van der Waals surface area (Å²) in [7, 11) is 0. The summed E-state index contributed by atoms with van der Waals surface area (Å²) >= 11 is 1.83. The van der Waals surface area contributed by atoms with Gasteiger partial charge in [0.1, 0.15) is 0 Å². The summed E-state index contributed by atoms with van der Waals surface area (Å²) in [6.07, 6.45) is 0. The van der Waals surface area contributed by atoms with Crippen molar-refractivity contribution in [2.45, 2.75) is 15.2 Å². The molecular formula is C58H36N4S. The Morgan fingerprint density at radius 3 is 1.49 bits per heavy atom. The average molecular weight is 821 g/mol. The molecule has 1 unspecified atom stereocenters. The second kappa shape index (κ2) is 14.1. The number of fused-ring (bicyclic) bond motifs is 11. The number of hydrogen-bond donors (Lipinski definition) is 0. The Morgan fingerprint density at radius 1 is 0.333 bits per heavy atom. The lowest BCUT2D eigenvalue weighted by atomic mass is 9.62. The standard InChI is InChI=1S/C58H36N4S/c1-3-14-37(15-4-1)39-26-30-41(31-27-39)55-59-56(42-32-28-40(29-33-42)38-16-5-2-6-17-38)61-57(60-55)43-34-35-48-53(36-43)63-52-25-12-9-21-47(52)58(48)46-20-8-11-24-51(46)62-50-23-10-7-18-44(50)45-19-13-22-49(58)54(45)62/h1-36H. The summed E-state index contributed by atoms with van der Waals surface area (Å²) < 4.78 is 2.49. The summed E-state index contributed by atoms with van der Waals surface area (Å²) in [4.78, 5) is 18.1. The minimum Gasteiger partial charge on any atom is -0.309 e. The van der Waals surface area contributed by atoms with E-state index < -0.39 is 5.41 Å². The first kappa shape index (κ1) is 35.9. The Labute approximate surface area is 369 Å². The molecular weight excluding hydrogens is 785 g/mol. The van der Waals surface area contributed by atoms with Crippen molar-refractivity contribution >= 4 is 33.6 Å². The number of hydrogen-bond acceptors (Lipinski definition) is 4. The van der Waals surface area contributed by atoms with Crippen LogP contribution in [0, 0.1) is 0 Å². The van der Waals surface area contributed by atoms with Crippen molar-refractivity contribution in [1.82, 2.24) is 19.5 Å². The second-order valence-electron chi connectivity index (χ2n) is 16.3. The van der Waals surface area contributed by atoms with Gasteiger partial charge in [0.25, 0.3) is 0 Å². The monoisotopic (exact) mass is 820 g/mol. The third-order valence-electron chi connectivity index (χ3n) is 12.9. The molecule has 4 heterocycles. The number of rotatable bonds is 5. The van der Waals surface area contributed by atoms with Crippen LogP contribution in [0.15, 0.2) is 228 Å². The third-order valence-corrected chi connectivity index (χ3v) is 14.1. The summed E-state index contributed by atoms with van der Waals surface area (Å²) in [6, 6.07) is 78.5. The van der Waals surface area contributed by atoms with Crippen LogP contribution in [-0.2, 0) is 5.41 Å². The van der Waals surface area contributed by atoms with E-state index in [9.17, 15) is 0 Å². The van der Waals surface area contributed by atoms with E-state index in [1.165, 1.54) is 70.7 Å². The van der Waals surface area contributed by atoms with Crippen LogP contribution in [0.2, 0.25) is 0 Å². The van der Waals surface area contributed by atoms with Crippen LogP contribution in [0.25, 0.3) is 83.9 Å². The Kier molecular flexibility index (Phi) is 8.02. The van der Waals surface area contributed by atoms with E-state index in [-0.39, 0.29) is 0 Å². The van der Waals surface area contributed by atoms with E-state index in [0.717, 1.165) is 27.8 Å². The largest absolute Gasteiger partial charge is 0.309 e. The first-order valence-corrected chi connectivity index (χ1v) is 22.2. The number of aromatic nitrogens is 4. The van der Waals surface area contributed by atoms with E-state index in [2.05, 4.69) is 211 Å². The molecule has 1 spiro atoms. The molecule has 0 fully saturated rings. The van der Waals surface area contributed by atoms with Gasteiger partial charge in [-0.25, -0.2) is 15.0 Å². The highest BCUT2D eigenvalue weighted by atomic mass is 32.2. The predicted octanol–water partition coefficient (Wildman–Crippen LogP) is 14.5. The fourth-order valence-electron chi connectivity index (χ4n) is 10.1. The molecule has 0 bridgehead atoms. The predicted molar refractivity (Wildman–Crippen MR) is 257 cm³/mol. The van der Waals surface area contributed by atoms with Crippen molar-refractivity contribution in [2.24, 2.45) is 0 Å². The molecule has 2 aromatic heterocycles. The molecule has 2 aliphatic rings. The van der Waals surface area contributed by atoms with Crippen molar-refractivity contribution in [3.8, 4) is 62.1 Å². The Hall–Kier alpha value is -7.86.